The molecule has 0 aliphatic rings. The van der Waals surface area contributed by atoms with Gasteiger partial charge in [-0.25, -0.2) is 0 Å². The van der Waals surface area contributed by atoms with Gasteiger partial charge >= 0.3 is 0 Å². The van der Waals surface area contributed by atoms with Crippen LogP contribution in [0.25, 0.3) is 0 Å². The monoisotopic (exact) mass is 213 g/mol. The van der Waals surface area contributed by atoms with Gasteiger partial charge in [-0.1, -0.05) is 6.92 Å². The van der Waals surface area contributed by atoms with E-state index in [1.165, 1.54) is 0 Å². The average molecular weight is 213 g/mol. The lowest BCUT2D eigenvalue weighted by molar-refractivity contribution is -0.118. The number of hydrogen-bond donors (Lipinski definition) is 1. The van der Waals surface area contributed by atoms with Crippen LogP contribution in [0.4, 0.5) is 0 Å². The molecule has 0 aliphatic carbocycles. The van der Waals surface area contributed by atoms with E-state index in [9.17, 15) is 4.79 Å². The predicted octanol–water partition coefficient (Wildman–Crippen LogP) is 2.04. The van der Waals surface area contributed by atoms with E-state index in [1.807, 2.05) is 19.1 Å². The molecule has 0 aromatic carbocycles. The number of thioether (sulfide) groups is 1. The van der Waals surface area contributed by atoms with Crippen molar-refractivity contribution in [3.63, 3.8) is 0 Å². The van der Waals surface area contributed by atoms with Gasteiger partial charge in [0.15, 0.2) is 0 Å². The van der Waals surface area contributed by atoms with Crippen LogP contribution in [0.15, 0.2) is 22.8 Å². The number of carbonyl (C=O) groups is 1. The molecule has 14 heavy (non-hydrogen) atoms. The lowest BCUT2D eigenvalue weighted by atomic mass is 10.5. The molecule has 0 spiro atoms. The molecule has 0 saturated heterocycles. The third kappa shape index (κ3) is 4.37. The maximum absolute atomic E-state index is 11.2. The van der Waals surface area contributed by atoms with Crippen LogP contribution in [0.1, 0.15) is 19.1 Å². The summed E-state index contributed by atoms with van der Waals surface area (Å²) in [7, 11) is 0. The molecule has 0 saturated carbocycles. The normalized spacial score (nSPS) is 10.1. The standard InChI is InChI=1S/C10H15NO2S/c1-2-5-11-10(12)8-14-7-9-4-3-6-13-9/h3-4,6H,2,5,7-8H2,1H3,(H,11,12). The Kier molecular flexibility index (Phi) is 5.22. The first-order chi connectivity index (χ1) is 6.83. The summed E-state index contributed by atoms with van der Waals surface area (Å²) in [4.78, 5) is 11.2. The molecular weight excluding hydrogens is 198 g/mol. The van der Waals surface area contributed by atoms with Crippen LogP contribution in [0.2, 0.25) is 0 Å². The summed E-state index contributed by atoms with van der Waals surface area (Å²) in [5, 5.41) is 2.82. The minimum Gasteiger partial charge on any atom is -0.468 e. The zero-order chi connectivity index (χ0) is 10.2. The Hall–Kier alpha value is -0.900. The van der Waals surface area contributed by atoms with Crippen molar-refractivity contribution in [2.75, 3.05) is 12.3 Å². The van der Waals surface area contributed by atoms with Crippen molar-refractivity contribution in [2.45, 2.75) is 19.1 Å². The lowest BCUT2D eigenvalue weighted by Crippen LogP contribution is -2.25. The van der Waals surface area contributed by atoms with E-state index in [0.717, 1.165) is 24.5 Å². The van der Waals surface area contributed by atoms with Gasteiger partial charge in [0, 0.05) is 6.54 Å². The molecule has 1 heterocycles. The maximum Gasteiger partial charge on any atom is 0.230 e. The van der Waals surface area contributed by atoms with Crippen LogP contribution >= 0.6 is 11.8 Å². The third-order valence-corrected chi connectivity index (χ3v) is 2.58. The largest absolute Gasteiger partial charge is 0.468 e. The summed E-state index contributed by atoms with van der Waals surface area (Å²) < 4.78 is 5.14. The van der Waals surface area contributed by atoms with Crippen molar-refractivity contribution in [3.8, 4) is 0 Å². The molecule has 78 valence electrons. The molecule has 1 amide bonds. The van der Waals surface area contributed by atoms with Gasteiger partial charge in [-0.15, -0.1) is 11.8 Å². The fourth-order valence-electron chi connectivity index (χ4n) is 0.954. The fraction of sp³-hybridized carbons (Fsp3) is 0.500. The molecule has 4 heteroatoms. The first-order valence-corrected chi connectivity index (χ1v) is 5.85. The molecule has 3 nitrogen and oxygen atoms in total. The Balaban J connectivity index is 2.06. The van der Waals surface area contributed by atoms with Crippen LogP contribution in [0.5, 0.6) is 0 Å². The van der Waals surface area contributed by atoms with Gasteiger partial charge in [-0.05, 0) is 18.6 Å². The van der Waals surface area contributed by atoms with Gasteiger partial charge in [0.25, 0.3) is 0 Å². The number of hydrogen-bond acceptors (Lipinski definition) is 3. The second-order valence-electron chi connectivity index (χ2n) is 2.92. The Bertz CT molecular complexity index is 259. The second kappa shape index (κ2) is 6.54. The van der Waals surface area contributed by atoms with E-state index < -0.39 is 0 Å². The van der Waals surface area contributed by atoms with E-state index in [2.05, 4.69) is 5.32 Å². The summed E-state index contributed by atoms with van der Waals surface area (Å²) >= 11 is 1.56. The molecular formula is C10H15NO2S. The van der Waals surface area contributed by atoms with Gasteiger partial charge in [0.05, 0.1) is 17.8 Å². The smallest absolute Gasteiger partial charge is 0.230 e. The lowest BCUT2D eigenvalue weighted by Gasteiger charge is -2.01. The van der Waals surface area contributed by atoms with Crippen LogP contribution in [0, 0.1) is 0 Å². The molecule has 0 radical (unpaired) electrons. The molecule has 1 aromatic heterocycles. The van der Waals surface area contributed by atoms with E-state index in [0.29, 0.717) is 5.75 Å². The van der Waals surface area contributed by atoms with Crippen molar-refractivity contribution < 1.29 is 9.21 Å². The van der Waals surface area contributed by atoms with Crippen LogP contribution < -0.4 is 5.32 Å². The SMILES string of the molecule is CCCNC(=O)CSCc1ccco1. The highest BCUT2D eigenvalue weighted by molar-refractivity contribution is 7.99. The Morgan fingerprint density at radius 1 is 1.64 bits per heavy atom. The first kappa shape index (κ1) is 11.2. The van der Waals surface area contributed by atoms with Crippen molar-refractivity contribution >= 4 is 17.7 Å². The predicted molar refractivity (Wildman–Crippen MR) is 58.2 cm³/mol. The Labute approximate surface area is 88.2 Å². The van der Waals surface area contributed by atoms with Crippen molar-refractivity contribution in [1.82, 2.24) is 5.32 Å². The summed E-state index contributed by atoms with van der Waals surface area (Å²) in [6.07, 6.45) is 2.63. The third-order valence-electron chi connectivity index (χ3n) is 1.63. The van der Waals surface area contributed by atoms with Crippen LogP contribution in [-0.2, 0) is 10.5 Å². The Morgan fingerprint density at radius 3 is 3.14 bits per heavy atom. The highest BCUT2D eigenvalue weighted by atomic mass is 32.2. The fourth-order valence-corrected chi connectivity index (χ4v) is 1.71. The van der Waals surface area contributed by atoms with Crippen molar-refractivity contribution in [3.05, 3.63) is 24.2 Å². The summed E-state index contributed by atoms with van der Waals surface area (Å²) in [6.45, 7) is 2.80. The zero-order valence-corrected chi connectivity index (χ0v) is 9.10. The molecule has 0 unspecified atom stereocenters. The number of rotatable bonds is 6. The Morgan fingerprint density at radius 2 is 2.50 bits per heavy atom. The quantitative estimate of drug-likeness (QED) is 0.786. The van der Waals surface area contributed by atoms with Gasteiger partial charge in [-0.2, -0.15) is 0 Å². The average Bonchev–Trinajstić information content (AvgIpc) is 2.67. The topological polar surface area (TPSA) is 42.2 Å². The molecule has 0 atom stereocenters. The van der Waals surface area contributed by atoms with Gasteiger partial charge in [0.2, 0.25) is 5.91 Å². The molecule has 0 fully saturated rings. The molecule has 0 aliphatic heterocycles. The van der Waals surface area contributed by atoms with Gasteiger partial charge < -0.3 is 9.73 Å². The minimum atomic E-state index is 0.100. The van der Waals surface area contributed by atoms with E-state index in [-0.39, 0.29) is 5.91 Å². The summed E-state index contributed by atoms with van der Waals surface area (Å²) in [5.41, 5.74) is 0. The second-order valence-corrected chi connectivity index (χ2v) is 3.91. The molecule has 1 rings (SSSR count). The molecule has 0 bridgehead atoms. The van der Waals surface area contributed by atoms with Crippen LogP contribution in [-0.4, -0.2) is 18.2 Å². The van der Waals surface area contributed by atoms with E-state index >= 15 is 0 Å². The first-order valence-electron chi connectivity index (χ1n) is 4.69. The zero-order valence-electron chi connectivity index (χ0n) is 8.29. The molecule has 1 aromatic rings. The summed E-state index contributed by atoms with van der Waals surface area (Å²) in [5.74, 6) is 2.27. The number of amides is 1. The van der Waals surface area contributed by atoms with Gasteiger partial charge in [-0.3, -0.25) is 4.79 Å². The van der Waals surface area contributed by atoms with E-state index in [1.54, 1.807) is 18.0 Å². The van der Waals surface area contributed by atoms with E-state index in [4.69, 9.17) is 4.42 Å². The number of nitrogens with one attached hydrogen (secondary N) is 1. The highest BCUT2D eigenvalue weighted by Gasteiger charge is 2.01. The van der Waals surface area contributed by atoms with Crippen LogP contribution in [0.3, 0.4) is 0 Å². The van der Waals surface area contributed by atoms with Crippen molar-refractivity contribution in [1.29, 1.82) is 0 Å². The maximum atomic E-state index is 11.2. The number of carbonyl (C=O) groups excluding carboxylic acids is 1. The van der Waals surface area contributed by atoms with Gasteiger partial charge in [0.1, 0.15) is 5.76 Å². The summed E-state index contributed by atoms with van der Waals surface area (Å²) in [6, 6.07) is 3.77. The minimum absolute atomic E-state index is 0.100. The highest BCUT2D eigenvalue weighted by Crippen LogP contribution is 2.11. The van der Waals surface area contributed by atoms with Crippen molar-refractivity contribution in [2.24, 2.45) is 0 Å². The molecule has 1 N–H and O–H groups in total. The number of furan rings is 1.